The van der Waals surface area contributed by atoms with Crippen molar-refractivity contribution in [3.63, 3.8) is 0 Å². The van der Waals surface area contributed by atoms with E-state index in [0.29, 0.717) is 16.9 Å². The number of nitrogens with zero attached hydrogens (tertiary/aromatic N) is 3. The second kappa shape index (κ2) is 3.19. The fourth-order valence-electron chi connectivity index (χ4n) is 1.53. The van der Waals surface area contributed by atoms with Gasteiger partial charge in [0.1, 0.15) is 6.20 Å². The molecular weight excluding hydrogens is 198 g/mol. The summed E-state index contributed by atoms with van der Waals surface area (Å²) in [5.41, 5.74) is 1.15. The summed E-state index contributed by atoms with van der Waals surface area (Å²) in [5.74, 6) is 0.594. The minimum absolute atomic E-state index is 0.00671. The summed E-state index contributed by atoms with van der Waals surface area (Å²) >= 11 is 0. The van der Waals surface area contributed by atoms with Crippen LogP contribution in [0, 0.1) is 10.1 Å². The predicted molar refractivity (Wildman–Crippen MR) is 53.5 cm³/mol. The van der Waals surface area contributed by atoms with Gasteiger partial charge in [-0.1, -0.05) is 0 Å². The van der Waals surface area contributed by atoms with E-state index in [-0.39, 0.29) is 5.69 Å². The Morgan fingerprint density at radius 2 is 2.40 bits per heavy atom. The molecule has 78 valence electrons. The first-order chi connectivity index (χ1) is 7.15. The molecule has 0 bridgehead atoms. The number of anilines is 1. The van der Waals surface area contributed by atoms with Crippen LogP contribution in [0.25, 0.3) is 11.0 Å². The van der Waals surface area contributed by atoms with E-state index >= 15 is 0 Å². The Morgan fingerprint density at radius 3 is 3.00 bits per heavy atom. The van der Waals surface area contributed by atoms with Gasteiger partial charge < -0.3 is 5.32 Å². The van der Waals surface area contributed by atoms with Crippen molar-refractivity contribution in [2.45, 2.75) is 0 Å². The summed E-state index contributed by atoms with van der Waals surface area (Å²) in [6, 6.07) is 0. The van der Waals surface area contributed by atoms with Crippen LogP contribution < -0.4 is 9.88 Å². The zero-order valence-electron chi connectivity index (χ0n) is 8.31. The second-order valence-electron chi connectivity index (χ2n) is 3.11. The summed E-state index contributed by atoms with van der Waals surface area (Å²) < 4.78 is 1.66. The molecule has 0 aromatic carbocycles. The van der Waals surface area contributed by atoms with E-state index < -0.39 is 4.92 Å². The summed E-state index contributed by atoms with van der Waals surface area (Å²) in [6.07, 6.45) is 2.90. The van der Waals surface area contributed by atoms with Gasteiger partial charge in [-0.2, -0.15) is 0 Å². The van der Waals surface area contributed by atoms with Crippen molar-refractivity contribution in [3.8, 4) is 0 Å². The molecule has 0 atom stereocenters. The molecule has 0 radical (unpaired) electrons. The van der Waals surface area contributed by atoms with Crippen molar-refractivity contribution in [2.24, 2.45) is 7.05 Å². The van der Waals surface area contributed by atoms with E-state index in [9.17, 15) is 10.1 Å². The zero-order valence-corrected chi connectivity index (χ0v) is 8.31. The summed E-state index contributed by atoms with van der Waals surface area (Å²) in [7, 11) is 3.46. The molecule has 2 N–H and O–H groups in total. The highest BCUT2D eigenvalue weighted by atomic mass is 16.6. The Balaban J connectivity index is 2.86. The van der Waals surface area contributed by atoms with E-state index in [1.54, 1.807) is 25.0 Å². The van der Waals surface area contributed by atoms with Crippen LogP contribution in [0.1, 0.15) is 0 Å². The molecule has 2 aromatic rings. The van der Waals surface area contributed by atoms with E-state index in [0.717, 1.165) is 0 Å². The molecule has 15 heavy (non-hydrogen) atoms. The Hall–Kier alpha value is -2.18. The van der Waals surface area contributed by atoms with Crippen molar-refractivity contribution in [1.29, 1.82) is 0 Å². The molecule has 0 unspecified atom stereocenters. The molecule has 0 fully saturated rings. The van der Waals surface area contributed by atoms with Crippen LogP contribution in [-0.2, 0) is 7.05 Å². The standard InChI is InChI=1S/C8H9N5O2/c1-9-8-6-7(12(2)4-11-6)5(3-10-8)13(14)15/h3-4H,1-2H3,(H,9,10)/p+1. The smallest absolute Gasteiger partial charge is 0.338 e. The highest BCUT2D eigenvalue weighted by molar-refractivity contribution is 5.89. The van der Waals surface area contributed by atoms with Crippen LogP contribution in [0.4, 0.5) is 11.5 Å². The first-order valence-electron chi connectivity index (χ1n) is 4.33. The molecule has 2 aromatic heterocycles. The topological polar surface area (TPSA) is 87.7 Å². The molecule has 7 nitrogen and oxygen atoms in total. The molecule has 0 amide bonds. The fraction of sp³-hybridized carbons (Fsp3) is 0.250. The molecular formula is C8H10N5O2+. The van der Waals surface area contributed by atoms with Crippen LogP contribution >= 0.6 is 0 Å². The average Bonchev–Trinajstić information content (AvgIpc) is 2.60. The maximum Gasteiger partial charge on any atom is 0.338 e. The second-order valence-corrected chi connectivity index (χ2v) is 3.11. The Labute approximate surface area is 84.9 Å². The van der Waals surface area contributed by atoms with Gasteiger partial charge in [0.2, 0.25) is 11.8 Å². The highest BCUT2D eigenvalue weighted by Crippen LogP contribution is 2.24. The van der Waals surface area contributed by atoms with Crippen LogP contribution in [0.3, 0.4) is 0 Å². The lowest BCUT2D eigenvalue weighted by atomic mass is 10.3. The number of fused-ring (bicyclic) bond motifs is 1. The highest BCUT2D eigenvalue weighted by Gasteiger charge is 2.24. The number of hydrogen-bond donors (Lipinski definition) is 2. The quantitative estimate of drug-likeness (QED) is 0.423. The average molecular weight is 208 g/mol. The Bertz CT molecular complexity index is 533. The maximum absolute atomic E-state index is 10.8. The number of pyridine rings is 1. The Kier molecular flexibility index (Phi) is 2.00. The first-order valence-corrected chi connectivity index (χ1v) is 4.33. The number of nitro groups is 1. The molecule has 2 rings (SSSR count). The van der Waals surface area contributed by atoms with Crippen LogP contribution in [0.2, 0.25) is 0 Å². The molecule has 0 saturated heterocycles. The van der Waals surface area contributed by atoms with Crippen LogP contribution in [0.5, 0.6) is 0 Å². The third kappa shape index (κ3) is 1.28. The Morgan fingerprint density at radius 1 is 1.67 bits per heavy atom. The lowest BCUT2D eigenvalue weighted by molar-refractivity contribution is -0.646. The molecule has 7 heteroatoms. The number of nitrogens with one attached hydrogen (secondary N) is 2. The number of rotatable bonds is 2. The summed E-state index contributed by atoms with van der Waals surface area (Å²) in [5, 5.41) is 13.7. The van der Waals surface area contributed by atoms with Crippen molar-refractivity contribution < 1.29 is 9.49 Å². The van der Waals surface area contributed by atoms with Crippen molar-refractivity contribution >= 4 is 22.5 Å². The fourth-order valence-corrected chi connectivity index (χ4v) is 1.53. The van der Waals surface area contributed by atoms with Gasteiger partial charge in [0.25, 0.3) is 5.52 Å². The van der Waals surface area contributed by atoms with Gasteiger partial charge in [-0.3, -0.25) is 10.1 Å². The normalized spacial score (nSPS) is 10.5. The van der Waals surface area contributed by atoms with Gasteiger partial charge in [0.05, 0.1) is 12.0 Å². The monoisotopic (exact) mass is 208 g/mol. The van der Waals surface area contributed by atoms with Crippen molar-refractivity contribution in [3.05, 3.63) is 22.6 Å². The van der Waals surface area contributed by atoms with Crippen LogP contribution in [0.15, 0.2) is 12.5 Å². The van der Waals surface area contributed by atoms with Gasteiger partial charge in [0.15, 0.2) is 5.82 Å². The minimum Gasteiger partial charge on any atom is -0.369 e. The van der Waals surface area contributed by atoms with Crippen molar-refractivity contribution in [1.82, 2.24) is 9.97 Å². The number of imidazole rings is 1. The van der Waals surface area contributed by atoms with Gasteiger partial charge in [0, 0.05) is 7.05 Å². The molecule has 0 aliphatic heterocycles. The molecule has 0 saturated carbocycles. The van der Waals surface area contributed by atoms with E-state index in [1.165, 1.54) is 6.20 Å². The number of hydrogen-bond acceptors (Lipinski definition) is 4. The summed E-state index contributed by atoms with van der Waals surface area (Å²) in [6.45, 7) is 0. The molecule has 2 heterocycles. The zero-order chi connectivity index (χ0) is 11.0. The van der Waals surface area contributed by atoms with Crippen molar-refractivity contribution in [2.75, 3.05) is 12.4 Å². The number of H-pyrrole nitrogens is 1. The van der Waals surface area contributed by atoms with Gasteiger partial charge in [-0.05, 0) is 0 Å². The first kappa shape index (κ1) is 9.38. The molecule has 0 aliphatic carbocycles. The van der Waals surface area contributed by atoms with Crippen LogP contribution in [-0.4, -0.2) is 21.9 Å². The van der Waals surface area contributed by atoms with E-state index in [1.807, 2.05) is 0 Å². The third-order valence-electron chi connectivity index (χ3n) is 2.22. The van der Waals surface area contributed by atoms with Gasteiger partial charge >= 0.3 is 5.69 Å². The van der Waals surface area contributed by atoms with E-state index in [2.05, 4.69) is 15.3 Å². The lowest BCUT2D eigenvalue weighted by Gasteiger charge is -1.97. The van der Waals surface area contributed by atoms with Gasteiger partial charge in [-0.25, -0.2) is 14.5 Å². The molecule has 0 aliphatic rings. The maximum atomic E-state index is 10.8. The van der Waals surface area contributed by atoms with E-state index in [4.69, 9.17) is 0 Å². The summed E-state index contributed by atoms with van der Waals surface area (Å²) in [4.78, 5) is 17.2. The lowest BCUT2D eigenvalue weighted by Crippen LogP contribution is -2.25. The number of aryl methyl sites for hydroxylation is 1. The SMILES string of the molecule is CNc1ncc([N+](=O)[O-])c2c1[nH]c[n+]2C. The predicted octanol–water partition coefficient (Wildman–Crippen LogP) is 0.337. The largest absolute Gasteiger partial charge is 0.369 e. The third-order valence-corrected chi connectivity index (χ3v) is 2.22. The van der Waals surface area contributed by atoms with Gasteiger partial charge in [-0.15, -0.1) is 0 Å². The minimum atomic E-state index is -0.442. The number of aromatic amines is 1. The number of aromatic nitrogens is 3. The molecule has 0 spiro atoms.